The smallest absolute Gasteiger partial charge is 0.0465 e. The highest BCUT2D eigenvalue weighted by atomic mass is 35.5. The number of hydrogen-bond donors (Lipinski definition) is 1. The maximum absolute atomic E-state index is 6.37. The largest absolute Gasteiger partial charge is 0.315 e. The van der Waals surface area contributed by atoms with Gasteiger partial charge in [0.15, 0.2) is 0 Å². The first-order valence-corrected chi connectivity index (χ1v) is 8.86. The normalized spacial score (nSPS) is 23.3. The van der Waals surface area contributed by atoms with Crippen molar-refractivity contribution in [2.45, 2.75) is 44.7 Å². The summed E-state index contributed by atoms with van der Waals surface area (Å²) >= 11 is 12.4. The van der Waals surface area contributed by atoms with Crippen LogP contribution in [0.1, 0.15) is 37.7 Å². The molecule has 0 aromatic heterocycles. The van der Waals surface area contributed by atoms with Crippen molar-refractivity contribution in [3.8, 4) is 0 Å². The van der Waals surface area contributed by atoms with Crippen LogP contribution in [0.4, 0.5) is 0 Å². The minimum absolute atomic E-state index is 0.650. The van der Waals surface area contributed by atoms with Gasteiger partial charge in [-0.15, -0.1) is 0 Å². The second-order valence-electron chi connectivity index (χ2n) is 6.46. The van der Waals surface area contributed by atoms with Crippen LogP contribution in [0.5, 0.6) is 0 Å². The second-order valence-corrected chi connectivity index (χ2v) is 7.31. The lowest BCUT2D eigenvalue weighted by atomic mass is 10.0. The predicted molar refractivity (Wildman–Crippen MR) is 90.1 cm³/mol. The molecule has 0 radical (unpaired) electrons. The Morgan fingerprint density at radius 1 is 1.14 bits per heavy atom. The monoisotopic (exact) mass is 326 g/mol. The topological polar surface area (TPSA) is 15.3 Å². The van der Waals surface area contributed by atoms with Crippen molar-refractivity contribution in [1.29, 1.82) is 0 Å². The number of halogens is 2. The van der Waals surface area contributed by atoms with E-state index in [-0.39, 0.29) is 0 Å². The van der Waals surface area contributed by atoms with Crippen molar-refractivity contribution in [1.82, 2.24) is 10.2 Å². The molecule has 1 saturated heterocycles. The highest BCUT2D eigenvalue weighted by Crippen LogP contribution is 2.29. The predicted octanol–water partition coefficient (Wildman–Crippen LogP) is 4.35. The molecule has 1 heterocycles. The Kier molecular flexibility index (Phi) is 5.44. The van der Waals surface area contributed by atoms with Crippen LogP contribution in [0.15, 0.2) is 18.2 Å². The van der Waals surface area contributed by atoms with Crippen LogP contribution < -0.4 is 5.32 Å². The SMILES string of the molecule is Clc1ccc(CN(CC2CCCC2)[C@H]2CCNC2)c(Cl)c1. The van der Waals surface area contributed by atoms with Gasteiger partial charge in [-0.3, -0.25) is 4.90 Å². The van der Waals surface area contributed by atoms with Crippen LogP contribution in [-0.4, -0.2) is 30.6 Å². The van der Waals surface area contributed by atoms with Gasteiger partial charge in [0.05, 0.1) is 0 Å². The molecule has 0 bridgehead atoms. The first kappa shape index (κ1) is 15.6. The molecule has 1 aliphatic carbocycles. The zero-order chi connectivity index (χ0) is 14.7. The number of benzene rings is 1. The Morgan fingerprint density at radius 3 is 2.62 bits per heavy atom. The summed E-state index contributed by atoms with van der Waals surface area (Å²) in [5.41, 5.74) is 1.20. The molecule has 21 heavy (non-hydrogen) atoms. The molecule has 4 heteroatoms. The van der Waals surface area contributed by atoms with E-state index in [1.807, 2.05) is 12.1 Å². The summed E-state index contributed by atoms with van der Waals surface area (Å²) in [6.07, 6.45) is 6.85. The molecule has 2 nitrogen and oxygen atoms in total. The average molecular weight is 327 g/mol. The van der Waals surface area contributed by atoms with E-state index < -0.39 is 0 Å². The molecule has 0 amide bonds. The minimum atomic E-state index is 0.650. The summed E-state index contributed by atoms with van der Waals surface area (Å²) in [6, 6.07) is 6.54. The van der Waals surface area contributed by atoms with E-state index in [4.69, 9.17) is 23.2 Å². The highest BCUT2D eigenvalue weighted by Gasteiger charge is 2.26. The molecule has 2 fully saturated rings. The van der Waals surface area contributed by atoms with Crippen molar-refractivity contribution < 1.29 is 0 Å². The van der Waals surface area contributed by atoms with Crippen molar-refractivity contribution in [2.24, 2.45) is 5.92 Å². The lowest BCUT2D eigenvalue weighted by molar-refractivity contribution is 0.168. The molecule has 1 aliphatic heterocycles. The summed E-state index contributed by atoms with van der Waals surface area (Å²) < 4.78 is 0. The molecule has 116 valence electrons. The van der Waals surface area contributed by atoms with Crippen molar-refractivity contribution in [3.63, 3.8) is 0 Å². The summed E-state index contributed by atoms with van der Waals surface area (Å²) in [5.74, 6) is 0.872. The van der Waals surface area contributed by atoms with Crippen LogP contribution in [0.25, 0.3) is 0 Å². The van der Waals surface area contributed by atoms with E-state index >= 15 is 0 Å². The van der Waals surface area contributed by atoms with E-state index in [0.29, 0.717) is 11.1 Å². The Bertz CT molecular complexity index is 466. The Balaban J connectivity index is 1.70. The third kappa shape index (κ3) is 4.13. The first-order chi connectivity index (χ1) is 10.2. The summed E-state index contributed by atoms with van der Waals surface area (Å²) in [6.45, 7) is 4.41. The van der Waals surface area contributed by atoms with Crippen molar-refractivity contribution in [2.75, 3.05) is 19.6 Å². The molecule has 1 aromatic rings. The van der Waals surface area contributed by atoms with E-state index in [0.717, 1.165) is 30.6 Å². The number of rotatable bonds is 5. The maximum Gasteiger partial charge on any atom is 0.0465 e. The average Bonchev–Trinajstić information content (AvgIpc) is 3.13. The summed E-state index contributed by atoms with van der Waals surface area (Å²) in [4.78, 5) is 2.64. The Hall–Kier alpha value is -0.280. The minimum Gasteiger partial charge on any atom is -0.315 e. The van der Waals surface area contributed by atoms with Gasteiger partial charge in [-0.1, -0.05) is 42.1 Å². The number of nitrogens with one attached hydrogen (secondary N) is 1. The van der Waals surface area contributed by atoms with Crippen LogP contribution >= 0.6 is 23.2 Å². The molecule has 1 N–H and O–H groups in total. The van der Waals surface area contributed by atoms with Gasteiger partial charge < -0.3 is 5.32 Å². The molecular weight excluding hydrogens is 303 g/mol. The Morgan fingerprint density at radius 2 is 1.95 bits per heavy atom. The van der Waals surface area contributed by atoms with Crippen molar-refractivity contribution in [3.05, 3.63) is 33.8 Å². The van der Waals surface area contributed by atoms with E-state index in [1.165, 1.54) is 44.2 Å². The zero-order valence-corrected chi connectivity index (χ0v) is 14.0. The first-order valence-electron chi connectivity index (χ1n) is 8.11. The maximum atomic E-state index is 6.37. The molecule has 1 atom stereocenters. The van der Waals surface area contributed by atoms with E-state index in [9.17, 15) is 0 Å². The van der Waals surface area contributed by atoms with Gasteiger partial charge in [0.25, 0.3) is 0 Å². The molecule has 0 spiro atoms. The lowest BCUT2D eigenvalue weighted by Crippen LogP contribution is -2.39. The van der Waals surface area contributed by atoms with Crippen molar-refractivity contribution >= 4 is 23.2 Å². The van der Waals surface area contributed by atoms with Crippen LogP contribution in [-0.2, 0) is 6.54 Å². The van der Waals surface area contributed by atoms with Gasteiger partial charge in [0, 0.05) is 35.7 Å². The summed E-state index contributed by atoms with van der Waals surface area (Å²) in [7, 11) is 0. The fourth-order valence-corrected chi connectivity index (χ4v) is 4.16. The van der Waals surface area contributed by atoms with Gasteiger partial charge in [0.2, 0.25) is 0 Å². The van der Waals surface area contributed by atoms with Gasteiger partial charge in [-0.05, 0) is 49.4 Å². The standard InChI is InChI=1S/C17H24Cl2N2/c18-15-6-5-14(17(19)9-15)12-21(16-7-8-20-10-16)11-13-3-1-2-4-13/h5-6,9,13,16,20H,1-4,7-8,10-12H2/t16-/m0/s1. The molecular formula is C17H24Cl2N2. The zero-order valence-electron chi connectivity index (χ0n) is 12.5. The third-order valence-corrected chi connectivity index (χ3v) is 5.49. The fraction of sp³-hybridized carbons (Fsp3) is 0.647. The molecule has 2 aliphatic rings. The molecule has 0 unspecified atom stereocenters. The van der Waals surface area contributed by atoms with Crippen LogP contribution in [0, 0.1) is 5.92 Å². The lowest BCUT2D eigenvalue weighted by Gasteiger charge is -2.31. The van der Waals surface area contributed by atoms with Gasteiger partial charge >= 0.3 is 0 Å². The molecule has 1 saturated carbocycles. The molecule has 3 rings (SSSR count). The fourth-order valence-electron chi connectivity index (χ4n) is 3.69. The third-order valence-electron chi connectivity index (χ3n) is 4.91. The quantitative estimate of drug-likeness (QED) is 0.865. The van der Waals surface area contributed by atoms with Crippen LogP contribution in [0.2, 0.25) is 10.0 Å². The van der Waals surface area contributed by atoms with Gasteiger partial charge in [-0.2, -0.15) is 0 Å². The highest BCUT2D eigenvalue weighted by molar-refractivity contribution is 6.35. The van der Waals surface area contributed by atoms with Gasteiger partial charge in [-0.25, -0.2) is 0 Å². The van der Waals surface area contributed by atoms with E-state index in [1.54, 1.807) is 0 Å². The van der Waals surface area contributed by atoms with E-state index in [2.05, 4.69) is 16.3 Å². The number of hydrogen-bond acceptors (Lipinski definition) is 2. The summed E-state index contributed by atoms with van der Waals surface area (Å²) in [5, 5.41) is 5.00. The molecule has 1 aromatic carbocycles. The number of nitrogens with zero attached hydrogens (tertiary/aromatic N) is 1. The van der Waals surface area contributed by atoms with Gasteiger partial charge in [0.1, 0.15) is 0 Å². The Labute approximate surface area is 137 Å². The van der Waals surface area contributed by atoms with Crippen LogP contribution in [0.3, 0.4) is 0 Å². The second kappa shape index (κ2) is 7.32.